The molecular weight excluding hydrogens is 348 g/mol. The van der Waals surface area contributed by atoms with E-state index in [1.54, 1.807) is 0 Å². The first kappa shape index (κ1) is 20.1. The van der Waals surface area contributed by atoms with E-state index in [2.05, 4.69) is 10.2 Å². The van der Waals surface area contributed by atoms with Gasteiger partial charge in [0.25, 0.3) is 0 Å². The zero-order chi connectivity index (χ0) is 17.1. The maximum atomic E-state index is 14.0. The second-order valence-corrected chi connectivity index (χ2v) is 6.74. The Balaban J connectivity index is 0.00000225. The molecule has 3 rings (SSSR count). The summed E-state index contributed by atoms with van der Waals surface area (Å²) in [6, 6.07) is 3.48. The van der Waals surface area contributed by atoms with Gasteiger partial charge in [0.1, 0.15) is 17.3 Å². The number of rotatable bonds is 5. The van der Waals surface area contributed by atoms with Gasteiger partial charge in [-0.3, -0.25) is 9.69 Å². The van der Waals surface area contributed by atoms with Crippen molar-refractivity contribution in [1.29, 1.82) is 0 Å². The molecule has 140 valence electrons. The zero-order valence-corrected chi connectivity index (χ0v) is 15.3. The maximum Gasteiger partial charge on any atom is 0.244 e. The summed E-state index contributed by atoms with van der Waals surface area (Å²) in [7, 11) is 1.96. The van der Waals surface area contributed by atoms with Crippen LogP contribution in [0.15, 0.2) is 18.2 Å². The van der Waals surface area contributed by atoms with E-state index in [0.717, 1.165) is 38.9 Å². The third-order valence-corrected chi connectivity index (χ3v) is 5.28. The van der Waals surface area contributed by atoms with Crippen LogP contribution in [0, 0.1) is 17.6 Å². The summed E-state index contributed by atoms with van der Waals surface area (Å²) < 4.78 is 27.9. The molecule has 1 aromatic carbocycles. The predicted octanol–water partition coefficient (Wildman–Crippen LogP) is 2.81. The molecule has 2 saturated heterocycles. The molecular formula is C18H26ClF2N3O. The third-order valence-electron chi connectivity index (χ3n) is 5.28. The highest BCUT2D eigenvalue weighted by Gasteiger charge is 2.39. The number of halogens is 3. The quantitative estimate of drug-likeness (QED) is 0.862. The first-order valence-electron chi connectivity index (χ1n) is 8.76. The number of anilines is 1. The van der Waals surface area contributed by atoms with Crippen molar-refractivity contribution in [3.8, 4) is 0 Å². The molecule has 2 fully saturated rings. The standard InChI is InChI=1S/C18H25F2N3O.ClH/c1-21-9-5-13-6-10-22(11-7-13)16-8-12-23(18(16)24)17-14(19)3-2-4-15(17)20;/h2-4,13,16,21H,5-12H2,1H3;1H. The van der Waals surface area contributed by atoms with E-state index >= 15 is 0 Å². The van der Waals surface area contributed by atoms with Gasteiger partial charge in [-0.05, 0) is 70.4 Å². The van der Waals surface area contributed by atoms with Crippen LogP contribution >= 0.6 is 12.4 Å². The average molecular weight is 374 g/mol. The molecule has 1 atom stereocenters. The maximum absolute atomic E-state index is 14.0. The van der Waals surface area contributed by atoms with Crippen LogP contribution in [0.5, 0.6) is 0 Å². The van der Waals surface area contributed by atoms with Crippen LogP contribution in [0.25, 0.3) is 0 Å². The number of carbonyl (C=O) groups is 1. The van der Waals surface area contributed by atoms with Crippen molar-refractivity contribution in [2.24, 2.45) is 5.92 Å². The van der Waals surface area contributed by atoms with Gasteiger partial charge in [-0.25, -0.2) is 8.78 Å². The summed E-state index contributed by atoms with van der Waals surface area (Å²) in [5, 5.41) is 3.18. The zero-order valence-electron chi connectivity index (χ0n) is 14.5. The lowest BCUT2D eigenvalue weighted by Gasteiger charge is -2.35. The fraction of sp³-hybridized carbons (Fsp3) is 0.611. The SMILES string of the molecule is CNCCC1CCN(C2CCN(c3c(F)cccc3F)C2=O)CC1.Cl. The molecule has 4 nitrogen and oxygen atoms in total. The van der Waals surface area contributed by atoms with E-state index in [4.69, 9.17) is 0 Å². The second kappa shape index (κ2) is 8.92. The van der Waals surface area contributed by atoms with Crippen molar-refractivity contribution >= 4 is 24.0 Å². The molecule has 0 aliphatic carbocycles. The third kappa shape index (κ3) is 4.30. The summed E-state index contributed by atoms with van der Waals surface area (Å²) in [5.41, 5.74) is -0.200. The van der Waals surface area contributed by atoms with Crippen LogP contribution in [0.1, 0.15) is 25.7 Å². The van der Waals surface area contributed by atoms with Gasteiger partial charge >= 0.3 is 0 Å². The van der Waals surface area contributed by atoms with E-state index in [-0.39, 0.29) is 30.0 Å². The Labute approximate surface area is 154 Å². The lowest BCUT2D eigenvalue weighted by molar-refractivity contribution is -0.122. The minimum atomic E-state index is -0.672. The van der Waals surface area contributed by atoms with Crippen LogP contribution < -0.4 is 10.2 Å². The van der Waals surface area contributed by atoms with Gasteiger partial charge in [0, 0.05) is 6.54 Å². The van der Waals surface area contributed by atoms with Crippen LogP contribution in [-0.4, -0.2) is 50.1 Å². The number of amides is 1. The topological polar surface area (TPSA) is 35.6 Å². The molecule has 2 aliphatic heterocycles. The summed E-state index contributed by atoms with van der Waals surface area (Å²) in [6.45, 7) is 3.17. The fourth-order valence-corrected chi connectivity index (χ4v) is 3.87. The number of hydrogen-bond acceptors (Lipinski definition) is 3. The molecule has 1 N–H and O–H groups in total. The monoisotopic (exact) mass is 373 g/mol. The number of para-hydroxylation sites is 1. The normalized spacial score (nSPS) is 22.3. The van der Waals surface area contributed by atoms with Gasteiger partial charge in [-0.1, -0.05) is 6.07 Å². The Kier molecular flexibility index (Phi) is 7.16. The minimum Gasteiger partial charge on any atom is -0.320 e. The van der Waals surface area contributed by atoms with Crippen molar-refractivity contribution in [3.63, 3.8) is 0 Å². The Morgan fingerprint density at radius 3 is 2.36 bits per heavy atom. The smallest absolute Gasteiger partial charge is 0.244 e. The van der Waals surface area contributed by atoms with E-state index < -0.39 is 11.6 Å². The van der Waals surface area contributed by atoms with Crippen molar-refractivity contribution in [2.45, 2.75) is 31.7 Å². The van der Waals surface area contributed by atoms with Gasteiger partial charge in [-0.2, -0.15) is 0 Å². The number of nitrogens with one attached hydrogen (secondary N) is 1. The van der Waals surface area contributed by atoms with E-state index in [0.29, 0.717) is 18.9 Å². The molecule has 2 aliphatic rings. The largest absolute Gasteiger partial charge is 0.320 e. The average Bonchev–Trinajstić information content (AvgIpc) is 2.95. The van der Waals surface area contributed by atoms with Crippen LogP contribution in [0.4, 0.5) is 14.5 Å². The van der Waals surface area contributed by atoms with Gasteiger partial charge in [0.2, 0.25) is 5.91 Å². The molecule has 1 aromatic rings. The molecule has 0 bridgehead atoms. The van der Waals surface area contributed by atoms with Gasteiger partial charge in [-0.15, -0.1) is 12.4 Å². The molecule has 7 heteroatoms. The molecule has 0 aromatic heterocycles. The highest BCUT2D eigenvalue weighted by molar-refractivity contribution is 5.99. The van der Waals surface area contributed by atoms with E-state index in [9.17, 15) is 13.6 Å². The van der Waals surface area contributed by atoms with Crippen molar-refractivity contribution in [1.82, 2.24) is 10.2 Å². The van der Waals surface area contributed by atoms with E-state index in [1.165, 1.54) is 23.1 Å². The number of likely N-dealkylation sites (tertiary alicyclic amines) is 1. The van der Waals surface area contributed by atoms with Crippen LogP contribution in [0.2, 0.25) is 0 Å². The van der Waals surface area contributed by atoms with Crippen molar-refractivity contribution in [2.75, 3.05) is 38.1 Å². The molecule has 0 spiro atoms. The number of benzene rings is 1. The minimum absolute atomic E-state index is 0. The van der Waals surface area contributed by atoms with Crippen molar-refractivity contribution in [3.05, 3.63) is 29.8 Å². The van der Waals surface area contributed by atoms with Crippen LogP contribution in [-0.2, 0) is 4.79 Å². The molecule has 0 saturated carbocycles. The summed E-state index contributed by atoms with van der Waals surface area (Å²) in [5.74, 6) is -0.817. The Hall–Kier alpha value is -1.24. The molecule has 0 radical (unpaired) electrons. The summed E-state index contributed by atoms with van der Waals surface area (Å²) in [4.78, 5) is 16.2. The number of carbonyl (C=O) groups excluding carboxylic acids is 1. The summed E-state index contributed by atoms with van der Waals surface area (Å²) in [6.07, 6.45) is 3.96. The predicted molar refractivity (Wildman–Crippen MR) is 97.2 cm³/mol. The molecule has 1 amide bonds. The summed E-state index contributed by atoms with van der Waals surface area (Å²) >= 11 is 0. The van der Waals surface area contributed by atoms with Gasteiger partial charge in [0.15, 0.2) is 0 Å². The first-order valence-corrected chi connectivity index (χ1v) is 8.76. The van der Waals surface area contributed by atoms with E-state index in [1.807, 2.05) is 7.05 Å². The number of piperidine rings is 1. The van der Waals surface area contributed by atoms with Crippen LogP contribution in [0.3, 0.4) is 0 Å². The Morgan fingerprint density at radius 1 is 1.12 bits per heavy atom. The molecule has 2 heterocycles. The lowest BCUT2D eigenvalue weighted by atomic mass is 9.92. The molecule has 1 unspecified atom stereocenters. The van der Waals surface area contributed by atoms with Gasteiger partial charge in [0.05, 0.1) is 6.04 Å². The fourth-order valence-electron chi connectivity index (χ4n) is 3.87. The highest BCUT2D eigenvalue weighted by Crippen LogP contribution is 2.31. The number of nitrogens with zero attached hydrogens (tertiary/aromatic N) is 2. The second-order valence-electron chi connectivity index (χ2n) is 6.74. The lowest BCUT2D eigenvalue weighted by Crippen LogP contribution is -2.46. The van der Waals surface area contributed by atoms with Gasteiger partial charge < -0.3 is 10.2 Å². The Morgan fingerprint density at radius 2 is 1.76 bits per heavy atom. The Bertz CT molecular complexity index is 573. The molecule has 25 heavy (non-hydrogen) atoms. The number of hydrogen-bond donors (Lipinski definition) is 1. The highest BCUT2D eigenvalue weighted by atomic mass is 35.5. The van der Waals surface area contributed by atoms with Crippen molar-refractivity contribution < 1.29 is 13.6 Å². The first-order chi connectivity index (χ1) is 11.6.